The molecule has 2 heterocycles. The van der Waals surface area contributed by atoms with Gasteiger partial charge in [-0.05, 0) is 74.1 Å². The van der Waals surface area contributed by atoms with Crippen molar-refractivity contribution in [2.45, 2.75) is 77.6 Å². The maximum atomic E-state index is 13.4. The molecule has 1 unspecified atom stereocenters. The molecule has 2 N–H and O–H groups in total. The fourth-order valence-electron chi connectivity index (χ4n) is 3.61. The maximum absolute atomic E-state index is 13.4. The Hall–Kier alpha value is -2.95. The quantitative estimate of drug-likeness (QED) is 0.181. The SMILES string of the molecule is CC(C)(C)OC(=O)NCC(C(=O)Nc1cc2ccncc2s1)c1ccc(OCCCO[Si](C)(C)C(C)(C)C)cc1. The molecule has 3 aromatic rings. The normalized spacial score (nSPS) is 13.1. The number of anilines is 1. The molecule has 2 amide bonds. The van der Waals surface area contributed by atoms with Gasteiger partial charge >= 0.3 is 6.09 Å². The number of amides is 2. The Balaban J connectivity index is 1.64. The van der Waals surface area contributed by atoms with Gasteiger partial charge in [0.25, 0.3) is 0 Å². The third-order valence-electron chi connectivity index (χ3n) is 6.84. The van der Waals surface area contributed by atoms with Crippen LogP contribution in [0.4, 0.5) is 9.80 Å². The van der Waals surface area contributed by atoms with Gasteiger partial charge in [-0.2, -0.15) is 0 Å². The number of hydrogen-bond donors (Lipinski definition) is 2. The molecule has 10 heteroatoms. The van der Waals surface area contributed by atoms with Crippen LogP contribution < -0.4 is 15.4 Å². The summed E-state index contributed by atoms with van der Waals surface area (Å²) in [7, 11) is -1.77. The summed E-state index contributed by atoms with van der Waals surface area (Å²) < 4.78 is 18.5. The molecule has 1 aromatic carbocycles. The van der Waals surface area contributed by atoms with Crippen molar-refractivity contribution in [3.8, 4) is 5.75 Å². The third-order valence-corrected chi connectivity index (χ3v) is 12.4. The van der Waals surface area contributed by atoms with E-state index in [1.807, 2.05) is 36.4 Å². The summed E-state index contributed by atoms with van der Waals surface area (Å²) in [6, 6.07) is 11.2. The van der Waals surface area contributed by atoms with E-state index in [1.165, 1.54) is 11.3 Å². The molecule has 0 aliphatic rings. The fraction of sp³-hybridized carbons (Fsp3) is 0.500. The lowest BCUT2D eigenvalue weighted by Gasteiger charge is -2.36. The molecule has 1 atom stereocenters. The lowest BCUT2D eigenvalue weighted by atomic mass is 9.98. The molecule has 2 aromatic heterocycles. The van der Waals surface area contributed by atoms with Crippen LogP contribution in [0.3, 0.4) is 0 Å². The summed E-state index contributed by atoms with van der Waals surface area (Å²) in [6.45, 7) is 17.9. The number of nitrogens with one attached hydrogen (secondary N) is 2. The van der Waals surface area contributed by atoms with Gasteiger partial charge in [0.05, 0.1) is 22.2 Å². The Labute approximate surface area is 243 Å². The summed E-state index contributed by atoms with van der Waals surface area (Å²) in [5.74, 6) is -0.151. The number of thiophene rings is 1. The smallest absolute Gasteiger partial charge is 0.407 e. The van der Waals surface area contributed by atoms with Crippen molar-refractivity contribution in [2.75, 3.05) is 25.1 Å². The Morgan fingerprint density at radius 1 is 1.02 bits per heavy atom. The van der Waals surface area contributed by atoms with Gasteiger partial charge in [-0.1, -0.05) is 32.9 Å². The van der Waals surface area contributed by atoms with E-state index in [4.69, 9.17) is 13.9 Å². The predicted molar refractivity (Wildman–Crippen MR) is 165 cm³/mol. The first-order valence-corrected chi connectivity index (χ1v) is 17.4. The van der Waals surface area contributed by atoms with Crippen LogP contribution in [-0.2, 0) is 14.0 Å². The van der Waals surface area contributed by atoms with Crippen LogP contribution >= 0.6 is 11.3 Å². The lowest BCUT2D eigenvalue weighted by molar-refractivity contribution is -0.117. The van der Waals surface area contributed by atoms with Crippen molar-refractivity contribution >= 4 is 46.7 Å². The number of benzene rings is 1. The van der Waals surface area contributed by atoms with E-state index in [9.17, 15) is 9.59 Å². The van der Waals surface area contributed by atoms with E-state index in [0.717, 1.165) is 27.1 Å². The second-order valence-corrected chi connectivity index (χ2v) is 18.2. The van der Waals surface area contributed by atoms with Crippen LogP contribution in [0.25, 0.3) is 10.1 Å². The van der Waals surface area contributed by atoms with Crippen molar-refractivity contribution in [2.24, 2.45) is 0 Å². The third kappa shape index (κ3) is 9.31. The zero-order valence-corrected chi connectivity index (χ0v) is 26.7. The van der Waals surface area contributed by atoms with Crippen molar-refractivity contribution in [1.29, 1.82) is 0 Å². The first-order chi connectivity index (χ1) is 18.6. The molecule has 0 aliphatic heterocycles. The Bertz CT molecular complexity index is 1250. The van der Waals surface area contributed by atoms with Gasteiger partial charge in [0.2, 0.25) is 5.91 Å². The average molecular weight is 586 g/mol. The maximum Gasteiger partial charge on any atom is 0.407 e. The molecule has 0 spiro atoms. The van der Waals surface area contributed by atoms with Crippen molar-refractivity contribution < 1.29 is 23.5 Å². The van der Waals surface area contributed by atoms with E-state index >= 15 is 0 Å². The average Bonchev–Trinajstić information content (AvgIpc) is 3.25. The molecule has 0 bridgehead atoms. The number of aromatic nitrogens is 1. The van der Waals surface area contributed by atoms with Gasteiger partial charge in [0.1, 0.15) is 11.4 Å². The van der Waals surface area contributed by atoms with E-state index in [0.29, 0.717) is 19.0 Å². The van der Waals surface area contributed by atoms with Gasteiger partial charge in [0.15, 0.2) is 8.32 Å². The number of rotatable bonds is 11. The molecular formula is C30H43N3O5SSi. The topological polar surface area (TPSA) is 98.8 Å². The number of carbonyl (C=O) groups excluding carboxylic acids is 2. The highest BCUT2D eigenvalue weighted by Crippen LogP contribution is 2.36. The molecular weight excluding hydrogens is 542 g/mol. The molecule has 0 fully saturated rings. The zero-order chi connectivity index (χ0) is 29.6. The number of carbonyl (C=O) groups is 2. The first-order valence-electron chi connectivity index (χ1n) is 13.6. The van der Waals surface area contributed by atoms with Crippen LogP contribution in [0.2, 0.25) is 18.1 Å². The lowest BCUT2D eigenvalue weighted by Crippen LogP contribution is -2.41. The van der Waals surface area contributed by atoms with Crippen molar-refractivity contribution in [1.82, 2.24) is 10.3 Å². The summed E-state index contributed by atoms with van der Waals surface area (Å²) in [5, 5.41) is 7.66. The Kier molecular flexibility index (Phi) is 10.4. The minimum atomic E-state index is -1.77. The van der Waals surface area contributed by atoms with Crippen LogP contribution in [0.1, 0.15) is 59.4 Å². The molecule has 40 heavy (non-hydrogen) atoms. The largest absolute Gasteiger partial charge is 0.494 e. The predicted octanol–water partition coefficient (Wildman–Crippen LogP) is 7.33. The highest BCUT2D eigenvalue weighted by Gasteiger charge is 2.36. The zero-order valence-electron chi connectivity index (χ0n) is 24.9. The summed E-state index contributed by atoms with van der Waals surface area (Å²) >= 11 is 1.45. The van der Waals surface area contributed by atoms with Gasteiger partial charge in [0, 0.05) is 32.0 Å². The molecule has 0 saturated carbocycles. The number of hydrogen-bond acceptors (Lipinski definition) is 7. The summed E-state index contributed by atoms with van der Waals surface area (Å²) in [6.07, 6.45) is 3.72. The fourth-order valence-corrected chi connectivity index (χ4v) is 5.63. The molecule has 8 nitrogen and oxygen atoms in total. The molecule has 0 aliphatic carbocycles. The Morgan fingerprint density at radius 2 is 1.73 bits per heavy atom. The minimum absolute atomic E-state index is 0.0815. The summed E-state index contributed by atoms with van der Waals surface area (Å²) in [4.78, 5) is 29.9. The number of alkyl carbamates (subject to hydrolysis) is 1. The number of nitrogens with zero attached hydrogens (tertiary/aromatic N) is 1. The summed E-state index contributed by atoms with van der Waals surface area (Å²) in [5.41, 5.74) is 0.117. The second-order valence-electron chi connectivity index (χ2n) is 12.3. The van der Waals surface area contributed by atoms with Gasteiger partial charge in [-0.3, -0.25) is 9.78 Å². The van der Waals surface area contributed by atoms with Crippen molar-refractivity contribution in [3.63, 3.8) is 0 Å². The highest BCUT2D eigenvalue weighted by molar-refractivity contribution is 7.22. The highest BCUT2D eigenvalue weighted by atomic mass is 32.1. The van der Waals surface area contributed by atoms with E-state index < -0.39 is 25.9 Å². The number of pyridine rings is 1. The van der Waals surface area contributed by atoms with Crippen LogP contribution in [-0.4, -0.2) is 50.7 Å². The number of fused-ring (bicyclic) bond motifs is 1. The first kappa shape index (κ1) is 31.6. The molecule has 0 radical (unpaired) electrons. The van der Waals surface area contributed by atoms with E-state index in [-0.39, 0.29) is 17.5 Å². The molecule has 0 saturated heterocycles. The van der Waals surface area contributed by atoms with Crippen LogP contribution in [0.5, 0.6) is 5.75 Å². The van der Waals surface area contributed by atoms with Crippen molar-refractivity contribution in [3.05, 3.63) is 54.4 Å². The minimum Gasteiger partial charge on any atom is -0.494 e. The van der Waals surface area contributed by atoms with Crippen LogP contribution in [0.15, 0.2) is 48.8 Å². The Morgan fingerprint density at radius 3 is 2.35 bits per heavy atom. The van der Waals surface area contributed by atoms with Gasteiger partial charge < -0.3 is 24.5 Å². The van der Waals surface area contributed by atoms with Crippen LogP contribution in [0, 0.1) is 0 Å². The van der Waals surface area contributed by atoms with E-state index in [2.05, 4.69) is 49.5 Å². The van der Waals surface area contributed by atoms with Gasteiger partial charge in [-0.15, -0.1) is 11.3 Å². The molecule has 3 rings (SSSR count). The second kappa shape index (κ2) is 13.1. The standard InChI is InChI=1S/C30H43N3O5SSi/c1-29(2,3)38-28(35)32-19-24(27(34)33-26-18-22-14-15-31-20-25(22)39-26)21-10-12-23(13-11-21)36-16-9-17-37-40(7,8)30(4,5)6/h10-15,18,20,24H,9,16-17,19H2,1-8H3,(H,32,35)(H,33,34). The number of ether oxygens (including phenoxy) is 2. The van der Waals surface area contributed by atoms with E-state index in [1.54, 1.807) is 33.2 Å². The molecule has 218 valence electrons. The monoisotopic (exact) mass is 585 g/mol. The van der Waals surface area contributed by atoms with Gasteiger partial charge in [-0.25, -0.2) is 4.79 Å².